The number of rotatable bonds is 7. The van der Waals surface area contributed by atoms with Gasteiger partial charge in [-0.3, -0.25) is 39.2 Å². The lowest BCUT2D eigenvalue weighted by molar-refractivity contribution is -0.136. The summed E-state index contributed by atoms with van der Waals surface area (Å²) in [7, 11) is 0. The Balaban J connectivity index is 0.800. The number of nitrogens with one attached hydrogen (secondary N) is 1. The summed E-state index contributed by atoms with van der Waals surface area (Å²) in [4.78, 5) is 58.5. The summed E-state index contributed by atoms with van der Waals surface area (Å²) in [5.74, 6) is -1.83. The van der Waals surface area contributed by atoms with Crippen molar-refractivity contribution in [2.45, 2.75) is 56.1 Å². The topological polar surface area (TPSA) is 123 Å². The molecule has 5 heterocycles. The standard InChI is InChI=1S/C44H44FN5O6/c45-37-24-35-34(43(54)50(44(35)55)38-12-13-40(52)46-42(38)53)22-29(37)25-47-18-20-49(21-19-47)31-14-16-48(17-15-31)30-8-6-28(7-9-30)41-33-11-10-32(51)23-39(33)56-26-36(41)27-4-2-1-3-5-27/h1-11,22-24,31,36,38,41,51H,12-21,25-26H2,(H,46,52,53)/t36-,38?,41-/m1/s1. The van der Waals surface area contributed by atoms with Gasteiger partial charge in [-0.2, -0.15) is 0 Å². The van der Waals surface area contributed by atoms with Crippen LogP contribution in [0.3, 0.4) is 0 Å². The fraction of sp³-hybridized carbons (Fsp3) is 0.364. The van der Waals surface area contributed by atoms with Crippen LogP contribution in [0, 0.1) is 5.82 Å². The Morgan fingerprint density at radius 1 is 0.768 bits per heavy atom. The third-order valence-corrected chi connectivity index (χ3v) is 12.4. The fourth-order valence-electron chi connectivity index (χ4n) is 9.36. The molecule has 0 saturated carbocycles. The van der Waals surface area contributed by atoms with Gasteiger partial charge in [0.2, 0.25) is 11.8 Å². The summed E-state index contributed by atoms with van der Waals surface area (Å²) < 4.78 is 21.5. The zero-order chi connectivity index (χ0) is 38.5. The van der Waals surface area contributed by atoms with Gasteiger partial charge in [0.1, 0.15) is 23.4 Å². The van der Waals surface area contributed by atoms with Gasteiger partial charge in [0.25, 0.3) is 11.8 Å². The van der Waals surface area contributed by atoms with Gasteiger partial charge in [0.05, 0.1) is 17.7 Å². The molecule has 12 heteroatoms. The maximum atomic E-state index is 15.4. The first kappa shape index (κ1) is 36.1. The van der Waals surface area contributed by atoms with E-state index in [2.05, 4.69) is 68.5 Å². The molecule has 0 aromatic heterocycles. The van der Waals surface area contributed by atoms with Crippen molar-refractivity contribution in [3.63, 3.8) is 0 Å². The number of ether oxygens (including phenoxy) is 1. The number of anilines is 1. The molecule has 5 aliphatic heterocycles. The van der Waals surface area contributed by atoms with Crippen molar-refractivity contribution in [2.75, 3.05) is 50.8 Å². The first-order valence-electron chi connectivity index (χ1n) is 19.6. The van der Waals surface area contributed by atoms with Gasteiger partial charge in [0, 0.05) is 93.0 Å². The summed E-state index contributed by atoms with van der Waals surface area (Å²) in [5.41, 5.74) is 5.15. The van der Waals surface area contributed by atoms with Crippen LogP contribution in [0.1, 0.15) is 80.5 Å². The molecule has 3 atom stereocenters. The zero-order valence-corrected chi connectivity index (χ0v) is 31.0. The molecular formula is C44H44FN5O6. The Bertz CT molecular complexity index is 2180. The van der Waals surface area contributed by atoms with Crippen LogP contribution in [-0.2, 0) is 16.1 Å². The number of carbonyl (C=O) groups is 4. The van der Waals surface area contributed by atoms with Crippen LogP contribution >= 0.6 is 0 Å². The van der Waals surface area contributed by atoms with Crippen LogP contribution in [0.5, 0.6) is 11.5 Å². The molecular weight excluding hydrogens is 714 g/mol. The van der Waals surface area contributed by atoms with Crippen molar-refractivity contribution in [1.82, 2.24) is 20.0 Å². The second kappa shape index (κ2) is 14.8. The van der Waals surface area contributed by atoms with Crippen LogP contribution in [-0.4, -0.2) is 101 Å². The third kappa shape index (κ3) is 6.70. The van der Waals surface area contributed by atoms with Crippen molar-refractivity contribution in [2.24, 2.45) is 0 Å². The number of halogens is 1. The molecule has 288 valence electrons. The number of carbonyl (C=O) groups excluding carboxylic acids is 4. The Morgan fingerprint density at radius 3 is 2.20 bits per heavy atom. The second-order valence-electron chi connectivity index (χ2n) is 15.6. The van der Waals surface area contributed by atoms with Gasteiger partial charge >= 0.3 is 0 Å². The maximum Gasteiger partial charge on any atom is 0.262 e. The van der Waals surface area contributed by atoms with Crippen LogP contribution in [0.25, 0.3) is 0 Å². The third-order valence-electron chi connectivity index (χ3n) is 12.4. The van der Waals surface area contributed by atoms with Crippen LogP contribution in [0.2, 0.25) is 0 Å². The van der Waals surface area contributed by atoms with Crippen LogP contribution in [0.4, 0.5) is 10.1 Å². The van der Waals surface area contributed by atoms with E-state index in [1.807, 2.05) is 12.1 Å². The number of phenols is 1. The predicted octanol–water partition coefficient (Wildman–Crippen LogP) is 5.03. The van der Waals surface area contributed by atoms with Crippen molar-refractivity contribution >= 4 is 29.3 Å². The average molecular weight is 758 g/mol. The van der Waals surface area contributed by atoms with E-state index in [1.165, 1.54) is 22.9 Å². The molecule has 4 amide bonds. The molecule has 0 bridgehead atoms. The first-order chi connectivity index (χ1) is 27.2. The van der Waals surface area contributed by atoms with Gasteiger partial charge in [-0.05, 0) is 60.7 Å². The first-order valence-corrected chi connectivity index (χ1v) is 19.6. The maximum absolute atomic E-state index is 15.4. The van der Waals surface area contributed by atoms with E-state index in [0.29, 0.717) is 24.8 Å². The molecule has 4 aromatic rings. The molecule has 11 nitrogen and oxygen atoms in total. The number of hydrogen-bond acceptors (Lipinski definition) is 9. The molecule has 1 unspecified atom stereocenters. The minimum Gasteiger partial charge on any atom is -0.508 e. The largest absolute Gasteiger partial charge is 0.508 e. The Hall–Kier alpha value is -5.59. The molecule has 2 N–H and O–H groups in total. The molecule has 9 rings (SSSR count). The summed E-state index contributed by atoms with van der Waals surface area (Å²) in [6.07, 6.45) is 2.18. The van der Waals surface area contributed by atoms with Crippen LogP contribution < -0.4 is 15.0 Å². The summed E-state index contributed by atoms with van der Waals surface area (Å²) in [6, 6.07) is 26.8. The normalized spacial score (nSPS) is 23.5. The average Bonchev–Trinajstić information content (AvgIpc) is 3.45. The lowest BCUT2D eigenvalue weighted by atomic mass is 9.76. The zero-order valence-electron chi connectivity index (χ0n) is 31.0. The van der Waals surface area contributed by atoms with Crippen LogP contribution in [0.15, 0.2) is 84.9 Å². The molecule has 5 aliphatic rings. The minimum atomic E-state index is -1.08. The number of aromatic hydroxyl groups is 1. The monoisotopic (exact) mass is 757 g/mol. The number of amides is 4. The lowest BCUT2D eigenvalue weighted by Crippen LogP contribution is -2.54. The quantitative estimate of drug-likeness (QED) is 0.250. The summed E-state index contributed by atoms with van der Waals surface area (Å²) in [5, 5.41) is 12.3. The fourth-order valence-corrected chi connectivity index (χ4v) is 9.36. The van der Waals surface area contributed by atoms with Gasteiger partial charge in [0.15, 0.2) is 0 Å². The number of nitrogens with zero attached hydrogens (tertiary/aromatic N) is 4. The molecule has 0 aliphatic carbocycles. The highest BCUT2D eigenvalue weighted by molar-refractivity contribution is 6.23. The van der Waals surface area contributed by atoms with Crippen molar-refractivity contribution in [3.8, 4) is 11.5 Å². The van der Waals surface area contributed by atoms with E-state index in [-0.39, 0.29) is 41.6 Å². The summed E-state index contributed by atoms with van der Waals surface area (Å²) >= 11 is 0. The van der Waals surface area contributed by atoms with E-state index in [4.69, 9.17) is 4.74 Å². The molecule has 0 spiro atoms. The number of piperazine rings is 1. The molecule has 56 heavy (non-hydrogen) atoms. The molecule has 3 saturated heterocycles. The highest BCUT2D eigenvalue weighted by Gasteiger charge is 2.45. The Morgan fingerprint density at radius 2 is 1.48 bits per heavy atom. The highest BCUT2D eigenvalue weighted by atomic mass is 19.1. The van der Waals surface area contributed by atoms with Gasteiger partial charge in [-0.1, -0.05) is 48.5 Å². The predicted molar refractivity (Wildman–Crippen MR) is 206 cm³/mol. The Labute approximate surface area is 324 Å². The number of phenolic OH excluding ortho intramolecular Hbond substituents is 1. The minimum absolute atomic E-state index is 0.0279. The second-order valence-corrected chi connectivity index (χ2v) is 15.6. The molecule has 0 radical (unpaired) electrons. The van der Waals surface area contributed by atoms with E-state index < -0.39 is 35.5 Å². The van der Waals surface area contributed by atoms with E-state index in [9.17, 15) is 24.3 Å². The van der Waals surface area contributed by atoms with Gasteiger partial charge < -0.3 is 14.7 Å². The van der Waals surface area contributed by atoms with Gasteiger partial charge in [-0.15, -0.1) is 0 Å². The van der Waals surface area contributed by atoms with E-state index >= 15 is 4.39 Å². The smallest absolute Gasteiger partial charge is 0.262 e. The number of benzene rings is 4. The summed E-state index contributed by atoms with van der Waals surface area (Å²) in [6.45, 7) is 6.00. The number of fused-ring (bicyclic) bond motifs is 2. The van der Waals surface area contributed by atoms with Gasteiger partial charge in [-0.25, -0.2) is 4.39 Å². The van der Waals surface area contributed by atoms with E-state index in [1.54, 1.807) is 12.1 Å². The number of piperidine rings is 2. The number of imide groups is 2. The molecule has 4 aromatic carbocycles. The van der Waals surface area contributed by atoms with Crippen molar-refractivity contribution in [1.29, 1.82) is 0 Å². The van der Waals surface area contributed by atoms with Crippen molar-refractivity contribution in [3.05, 3.63) is 124 Å². The SMILES string of the molecule is O=C1CCC(N2C(=O)c3cc(F)c(CN4CCN(C5CCN(c6ccc([C@@H]7c8ccc(O)cc8OC[C@@H]7c7ccccc7)cc6)CC5)CC4)cc3C2=O)C(=O)N1. The highest BCUT2D eigenvalue weighted by Crippen LogP contribution is 2.47. The van der Waals surface area contributed by atoms with E-state index in [0.717, 1.165) is 74.4 Å². The molecule has 3 fully saturated rings. The van der Waals surface area contributed by atoms with Crippen molar-refractivity contribution < 1.29 is 33.4 Å². The lowest BCUT2D eigenvalue weighted by Gasteiger charge is -2.43. The Kier molecular flexibility index (Phi) is 9.54. The number of hydrogen-bond donors (Lipinski definition) is 2.